The topological polar surface area (TPSA) is 59.2 Å². The van der Waals surface area contributed by atoms with Gasteiger partial charge in [0.25, 0.3) is 5.89 Å². The van der Waals surface area contributed by atoms with Crippen LogP contribution >= 0.6 is 0 Å². The highest BCUT2D eigenvalue weighted by Crippen LogP contribution is 2.23. The number of aromatic nitrogens is 2. The minimum Gasteiger partial charge on any atom is -0.387 e. The van der Waals surface area contributed by atoms with Crippen LogP contribution in [-0.4, -0.2) is 15.2 Å². The molecule has 0 radical (unpaired) electrons. The third-order valence-corrected chi connectivity index (χ3v) is 1.84. The number of halogens is 3. The highest BCUT2D eigenvalue weighted by Gasteiger charge is 2.17. The van der Waals surface area contributed by atoms with E-state index in [1.54, 1.807) is 0 Å². The lowest BCUT2D eigenvalue weighted by atomic mass is 10.2. The zero-order valence-corrected chi connectivity index (χ0v) is 7.75. The Labute approximate surface area is 87.3 Å². The van der Waals surface area contributed by atoms with E-state index in [0.717, 1.165) is 6.07 Å². The average Bonchev–Trinajstić information content (AvgIpc) is 2.71. The van der Waals surface area contributed by atoms with E-state index in [4.69, 9.17) is 5.11 Å². The summed E-state index contributed by atoms with van der Waals surface area (Å²) in [5, 5.41) is 11.9. The smallest absolute Gasteiger partial charge is 0.252 e. The summed E-state index contributed by atoms with van der Waals surface area (Å²) in [5.41, 5.74) is -0.457. The maximum atomic E-state index is 13.3. The van der Waals surface area contributed by atoms with Gasteiger partial charge < -0.3 is 9.63 Å². The molecule has 0 spiro atoms. The molecule has 0 atom stereocenters. The standard InChI is InChI=1S/C9H5F3N2O2/c10-4-1-5(8(12)6(11)2-4)9-13-7(3-15)16-14-9/h1-2,15H,3H2. The number of rotatable bonds is 2. The first-order valence-corrected chi connectivity index (χ1v) is 4.20. The molecule has 0 aliphatic heterocycles. The van der Waals surface area contributed by atoms with Crippen molar-refractivity contribution >= 4 is 0 Å². The molecule has 1 aromatic heterocycles. The fraction of sp³-hybridized carbons (Fsp3) is 0.111. The van der Waals surface area contributed by atoms with Crippen molar-refractivity contribution in [3.63, 3.8) is 0 Å². The Morgan fingerprint density at radius 1 is 1.25 bits per heavy atom. The fourth-order valence-corrected chi connectivity index (χ4v) is 1.15. The molecule has 2 aromatic rings. The Hall–Kier alpha value is -1.89. The van der Waals surface area contributed by atoms with Crippen LogP contribution in [0.15, 0.2) is 16.7 Å². The number of hydrogen-bond acceptors (Lipinski definition) is 4. The first-order valence-electron chi connectivity index (χ1n) is 4.20. The Morgan fingerprint density at radius 3 is 2.62 bits per heavy atom. The third kappa shape index (κ3) is 1.76. The van der Waals surface area contributed by atoms with Crippen LogP contribution in [0.4, 0.5) is 13.2 Å². The Bertz CT molecular complexity index is 527. The summed E-state index contributed by atoms with van der Waals surface area (Å²) in [6.07, 6.45) is 0. The molecule has 1 N–H and O–H groups in total. The maximum absolute atomic E-state index is 13.3. The molecule has 0 unspecified atom stereocenters. The van der Waals surface area contributed by atoms with E-state index in [1.807, 2.05) is 0 Å². The van der Waals surface area contributed by atoms with Gasteiger partial charge in [0.1, 0.15) is 12.4 Å². The van der Waals surface area contributed by atoms with E-state index in [9.17, 15) is 13.2 Å². The summed E-state index contributed by atoms with van der Waals surface area (Å²) in [4.78, 5) is 3.54. The molecule has 0 aliphatic carbocycles. The zero-order chi connectivity index (χ0) is 11.7. The van der Waals surface area contributed by atoms with Gasteiger partial charge in [0.05, 0.1) is 5.56 Å². The quantitative estimate of drug-likeness (QED) is 0.797. The second-order valence-corrected chi connectivity index (χ2v) is 2.92. The summed E-state index contributed by atoms with van der Waals surface area (Å²) in [6, 6.07) is 1.15. The number of benzene rings is 1. The highest BCUT2D eigenvalue weighted by molar-refractivity contribution is 5.55. The van der Waals surface area contributed by atoms with Crippen LogP contribution in [0.3, 0.4) is 0 Å². The van der Waals surface area contributed by atoms with Crippen molar-refractivity contribution in [2.75, 3.05) is 0 Å². The predicted octanol–water partition coefficient (Wildman–Crippen LogP) is 1.65. The van der Waals surface area contributed by atoms with E-state index in [2.05, 4.69) is 14.7 Å². The van der Waals surface area contributed by atoms with Crippen LogP contribution < -0.4 is 0 Å². The molecule has 0 saturated carbocycles. The lowest BCUT2D eigenvalue weighted by Crippen LogP contribution is -1.93. The van der Waals surface area contributed by atoms with E-state index in [0.29, 0.717) is 6.07 Å². The Kier molecular flexibility index (Phi) is 2.61. The van der Waals surface area contributed by atoms with Gasteiger partial charge in [-0.1, -0.05) is 5.16 Å². The average molecular weight is 230 g/mol. The van der Waals surface area contributed by atoms with Gasteiger partial charge in [-0.25, -0.2) is 13.2 Å². The van der Waals surface area contributed by atoms with Crippen LogP contribution in [0.2, 0.25) is 0 Å². The van der Waals surface area contributed by atoms with Crippen molar-refractivity contribution in [1.29, 1.82) is 0 Å². The summed E-state index contributed by atoms with van der Waals surface area (Å²) < 4.78 is 43.4. The van der Waals surface area contributed by atoms with Crippen molar-refractivity contribution in [2.45, 2.75) is 6.61 Å². The molecular formula is C9H5F3N2O2. The van der Waals surface area contributed by atoms with Gasteiger partial charge in [0, 0.05) is 6.07 Å². The number of aliphatic hydroxyl groups excluding tert-OH is 1. The van der Waals surface area contributed by atoms with Gasteiger partial charge in [-0.2, -0.15) is 4.98 Å². The van der Waals surface area contributed by atoms with Gasteiger partial charge in [0.2, 0.25) is 5.82 Å². The van der Waals surface area contributed by atoms with Gasteiger partial charge in [-0.15, -0.1) is 0 Å². The molecule has 1 aromatic carbocycles. The van der Waals surface area contributed by atoms with E-state index < -0.39 is 29.6 Å². The number of nitrogens with zero attached hydrogens (tertiary/aromatic N) is 2. The fourth-order valence-electron chi connectivity index (χ4n) is 1.15. The third-order valence-electron chi connectivity index (χ3n) is 1.84. The first-order chi connectivity index (χ1) is 7.61. The van der Waals surface area contributed by atoms with Crippen LogP contribution in [0.25, 0.3) is 11.4 Å². The lowest BCUT2D eigenvalue weighted by Gasteiger charge is -1.98. The monoisotopic (exact) mass is 230 g/mol. The van der Waals surface area contributed by atoms with Gasteiger partial charge in [0.15, 0.2) is 11.6 Å². The predicted molar refractivity (Wildman–Crippen MR) is 45.5 cm³/mol. The maximum Gasteiger partial charge on any atom is 0.252 e. The molecule has 1 heterocycles. The molecular weight excluding hydrogens is 225 g/mol. The van der Waals surface area contributed by atoms with Gasteiger partial charge >= 0.3 is 0 Å². The summed E-state index contributed by atoms with van der Waals surface area (Å²) in [5.74, 6) is -4.06. The van der Waals surface area contributed by atoms with Crippen LogP contribution in [0, 0.1) is 17.5 Å². The lowest BCUT2D eigenvalue weighted by molar-refractivity contribution is 0.222. The minimum absolute atomic E-state index is 0.168. The summed E-state index contributed by atoms with van der Waals surface area (Å²) >= 11 is 0. The second kappa shape index (κ2) is 3.93. The molecule has 16 heavy (non-hydrogen) atoms. The molecule has 0 saturated heterocycles. The molecule has 7 heteroatoms. The molecule has 0 bridgehead atoms. The van der Waals surface area contributed by atoms with E-state index in [1.165, 1.54) is 0 Å². The SMILES string of the molecule is OCc1nc(-c2cc(F)cc(F)c2F)no1. The molecule has 4 nitrogen and oxygen atoms in total. The van der Waals surface area contributed by atoms with Crippen LogP contribution in [0.1, 0.15) is 5.89 Å². The number of hydrogen-bond donors (Lipinski definition) is 1. The molecule has 0 fully saturated rings. The number of aliphatic hydroxyl groups is 1. The van der Waals surface area contributed by atoms with Crippen molar-refractivity contribution in [3.8, 4) is 11.4 Å². The molecule has 2 rings (SSSR count). The Morgan fingerprint density at radius 2 is 2.00 bits per heavy atom. The highest BCUT2D eigenvalue weighted by atomic mass is 19.2. The second-order valence-electron chi connectivity index (χ2n) is 2.92. The van der Waals surface area contributed by atoms with E-state index in [-0.39, 0.29) is 11.7 Å². The van der Waals surface area contributed by atoms with E-state index >= 15 is 0 Å². The summed E-state index contributed by atoms with van der Waals surface area (Å²) in [7, 11) is 0. The minimum atomic E-state index is -1.34. The van der Waals surface area contributed by atoms with Gasteiger partial charge in [-0.3, -0.25) is 0 Å². The largest absolute Gasteiger partial charge is 0.387 e. The molecule has 0 aliphatic rings. The zero-order valence-electron chi connectivity index (χ0n) is 7.75. The normalized spacial score (nSPS) is 10.8. The van der Waals surface area contributed by atoms with Crippen molar-refractivity contribution in [3.05, 3.63) is 35.5 Å². The first kappa shape index (κ1) is 10.6. The summed E-state index contributed by atoms with van der Waals surface area (Å²) in [6.45, 7) is -0.535. The van der Waals surface area contributed by atoms with Crippen molar-refractivity contribution in [1.82, 2.24) is 10.1 Å². The molecule has 0 amide bonds. The van der Waals surface area contributed by atoms with Gasteiger partial charge in [-0.05, 0) is 6.07 Å². The van der Waals surface area contributed by atoms with Crippen molar-refractivity contribution < 1.29 is 22.8 Å². The van der Waals surface area contributed by atoms with Crippen LogP contribution in [0.5, 0.6) is 0 Å². The molecule has 84 valence electrons. The Balaban J connectivity index is 2.54. The van der Waals surface area contributed by atoms with Crippen LogP contribution in [-0.2, 0) is 6.61 Å². The van der Waals surface area contributed by atoms with Crippen molar-refractivity contribution in [2.24, 2.45) is 0 Å².